The van der Waals surface area contributed by atoms with E-state index in [0.29, 0.717) is 0 Å². The van der Waals surface area contributed by atoms with Crippen molar-refractivity contribution >= 4 is 38.0 Å². The van der Waals surface area contributed by atoms with E-state index in [0.717, 1.165) is 0 Å². The predicted octanol–water partition coefficient (Wildman–Crippen LogP) is -1.84. The van der Waals surface area contributed by atoms with Crippen LogP contribution in [0.25, 0.3) is 0 Å². The first-order chi connectivity index (χ1) is 3.46. The summed E-state index contributed by atoms with van der Waals surface area (Å²) in [6.45, 7) is 0. The molecule has 0 atom stereocenters. The van der Waals surface area contributed by atoms with E-state index in [9.17, 15) is 17.3 Å². The minimum Gasteiger partial charge on any atom is -0.824 e. The van der Waals surface area contributed by atoms with E-state index < -0.39 is 14.9 Å². The number of rotatable bonds is 0. The van der Waals surface area contributed by atoms with Gasteiger partial charge in [-0.05, 0) is 0 Å². The first kappa shape index (κ1) is 16.3. The molecular formula is B2F4MgO2. The summed E-state index contributed by atoms with van der Waals surface area (Å²) in [5.74, 6) is 0. The molecule has 48 valence electrons. The second-order valence-electron chi connectivity index (χ2n) is 0.521. The third-order valence-electron chi connectivity index (χ3n) is 0. The molecule has 9 heavy (non-hydrogen) atoms. The molecule has 0 fully saturated rings. The Balaban J connectivity index is -0.0000000720. The fourth-order valence-electron chi connectivity index (χ4n) is 0. The van der Waals surface area contributed by atoms with Gasteiger partial charge in [0.15, 0.2) is 0 Å². The van der Waals surface area contributed by atoms with Crippen LogP contribution in [-0.2, 0) is 0 Å². The Bertz CT molecular complexity index is 32.0. The normalized spacial score (nSPS) is 6.00. The van der Waals surface area contributed by atoms with Gasteiger partial charge in [-0.1, -0.05) is 0 Å². The molecule has 0 rings (SSSR count). The van der Waals surface area contributed by atoms with Crippen LogP contribution in [0.5, 0.6) is 0 Å². The average Bonchev–Trinajstić information content (AvgIpc) is 1.25. The third kappa shape index (κ3) is 1270. The molecule has 0 aromatic heterocycles. The second-order valence-corrected chi connectivity index (χ2v) is 0.521. The summed E-state index contributed by atoms with van der Waals surface area (Å²) in [6, 6.07) is 0. The van der Waals surface area contributed by atoms with Crippen LogP contribution in [0.15, 0.2) is 0 Å². The van der Waals surface area contributed by atoms with E-state index in [-0.39, 0.29) is 23.1 Å². The summed E-state index contributed by atoms with van der Waals surface area (Å²) in [6.07, 6.45) is 0. The van der Waals surface area contributed by atoms with Crippen LogP contribution in [0, 0.1) is 0 Å². The van der Waals surface area contributed by atoms with Crippen molar-refractivity contribution in [3.8, 4) is 0 Å². The number of halogens is 4. The van der Waals surface area contributed by atoms with Crippen LogP contribution in [0.4, 0.5) is 17.3 Å². The molecule has 2 nitrogen and oxygen atoms in total. The molecule has 0 amide bonds. The Kier molecular flexibility index (Phi) is 20.5. The summed E-state index contributed by atoms with van der Waals surface area (Å²) >= 11 is 0. The topological polar surface area (TPSA) is 46.1 Å². The van der Waals surface area contributed by atoms with E-state index in [1.54, 1.807) is 0 Å². The predicted molar refractivity (Wildman–Crippen MR) is 21.7 cm³/mol. The van der Waals surface area contributed by atoms with Crippen molar-refractivity contribution in [1.29, 1.82) is 0 Å². The zero-order chi connectivity index (χ0) is 7.15. The fourth-order valence-corrected chi connectivity index (χ4v) is 0. The SMILES string of the molecule is [Mg+2].[O-]B(F)F.[O-]B(F)F. The minimum absolute atomic E-state index is 0. The van der Waals surface area contributed by atoms with Gasteiger partial charge in [0.2, 0.25) is 0 Å². The zero-order valence-electron chi connectivity index (χ0n) is 4.19. The molecule has 0 unspecified atom stereocenters. The summed E-state index contributed by atoms with van der Waals surface area (Å²) < 4.78 is 39.1. The molecule has 0 aromatic rings. The van der Waals surface area contributed by atoms with Crippen LogP contribution >= 0.6 is 0 Å². The first-order valence-electron chi connectivity index (χ1n) is 1.34. The molecule has 0 heterocycles. The molecular weight excluding hydrogens is 154 g/mol. The molecule has 0 radical (unpaired) electrons. The van der Waals surface area contributed by atoms with Gasteiger partial charge in [0.05, 0.1) is 0 Å². The smallest absolute Gasteiger partial charge is 0.824 e. The summed E-state index contributed by atoms with van der Waals surface area (Å²) in [4.78, 5) is 0. The van der Waals surface area contributed by atoms with Crippen LogP contribution in [-0.4, -0.2) is 38.0 Å². The van der Waals surface area contributed by atoms with Gasteiger partial charge in [0, 0.05) is 0 Å². The van der Waals surface area contributed by atoms with Crippen molar-refractivity contribution in [3.63, 3.8) is 0 Å². The largest absolute Gasteiger partial charge is 2.00 e. The van der Waals surface area contributed by atoms with Crippen molar-refractivity contribution in [3.05, 3.63) is 0 Å². The zero-order valence-corrected chi connectivity index (χ0v) is 5.60. The first-order valence-corrected chi connectivity index (χ1v) is 1.34. The van der Waals surface area contributed by atoms with E-state index in [1.165, 1.54) is 0 Å². The van der Waals surface area contributed by atoms with Gasteiger partial charge in [0.25, 0.3) is 0 Å². The Hall–Kier alpha value is 0.536. The maximum absolute atomic E-state index is 9.78. The molecule has 0 aromatic carbocycles. The molecule has 0 saturated heterocycles. The standard InChI is InChI=1S/2BF2O.Mg/c2*2-1(3)4;/q2*-1;+2. The van der Waals surface area contributed by atoms with Gasteiger partial charge < -0.3 is 27.3 Å². The van der Waals surface area contributed by atoms with E-state index in [2.05, 4.69) is 0 Å². The van der Waals surface area contributed by atoms with Gasteiger partial charge in [-0.3, -0.25) is 0 Å². The minimum atomic E-state index is -3.42. The summed E-state index contributed by atoms with van der Waals surface area (Å²) in [5, 5.41) is 16.4. The Labute approximate surface area is 65.8 Å². The maximum atomic E-state index is 9.78. The summed E-state index contributed by atoms with van der Waals surface area (Å²) in [7, 11) is -6.83. The Morgan fingerprint density at radius 3 is 0.778 bits per heavy atom. The molecule has 0 spiro atoms. The molecule has 0 aliphatic rings. The van der Waals surface area contributed by atoms with Crippen molar-refractivity contribution in [2.75, 3.05) is 0 Å². The number of hydrogen-bond donors (Lipinski definition) is 0. The molecule has 0 saturated carbocycles. The molecule has 9 heteroatoms. The van der Waals surface area contributed by atoms with Gasteiger partial charge >= 0.3 is 38.0 Å². The van der Waals surface area contributed by atoms with E-state index >= 15 is 0 Å². The Morgan fingerprint density at radius 2 is 0.778 bits per heavy atom. The molecule has 0 aliphatic heterocycles. The van der Waals surface area contributed by atoms with Crippen molar-refractivity contribution in [2.45, 2.75) is 0 Å². The molecule has 0 N–H and O–H groups in total. The third-order valence-corrected chi connectivity index (χ3v) is 0. The van der Waals surface area contributed by atoms with Crippen molar-refractivity contribution in [2.24, 2.45) is 0 Å². The summed E-state index contributed by atoms with van der Waals surface area (Å²) in [5.41, 5.74) is 0. The number of hydrogen-bond acceptors (Lipinski definition) is 2. The van der Waals surface area contributed by atoms with Crippen LogP contribution < -0.4 is 10.0 Å². The van der Waals surface area contributed by atoms with Gasteiger partial charge in [-0.15, -0.1) is 0 Å². The monoisotopic (exact) mass is 154 g/mol. The van der Waals surface area contributed by atoms with Gasteiger partial charge in [0.1, 0.15) is 0 Å². The average molecular weight is 154 g/mol. The van der Waals surface area contributed by atoms with Crippen LogP contribution in [0.1, 0.15) is 0 Å². The quantitative estimate of drug-likeness (QED) is 0.304. The molecule has 0 bridgehead atoms. The van der Waals surface area contributed by atoms with Crippen molar-refractivity contribution < 1.29 is 27.3 Å². The van der Waals surface area contributed by atoms with Crippen molar-refractivity contribution in [1.82, 2.24) is 0 Å². The van der Waals surface area contributed by atoms with E-state index in [4.69, 9.17) is 10.0 Å². The fraction of sp³-hybridized carbons (Fsp3) is 0. The maximum Gasteiger partial charge on any atom is 2.00 e. The van der Waals surface area contributed by atoms with Gasteiger partial charge in [-0.25, -0.2) is 0 Å². The van der Waals surface area contributed by atoms with Crippen LogP contribution in [0.2, 0.25) is 0 Å². The Morgan fingerprint density at radius 1 is 0.778 bits per heavy atom. The molecule has 0 aliphatic carbocycles. The van der Waals surface area contributed by atoms with Crippen LogP contribution in [0.3, 0.4) is 0 Å². The second kappa shape index (κ2) is 11.3. The van der Waals surface area contributed by atoms with E-state index in [1.807, 2.05) is 0 Å². The van der Waals surface area contributed by atoms with Gasteiger partial charge in [-0.2, -0.15) is 0 Å².